The first kappa shape index (κ1) is 13.5. The molecule has 1 fully saturated rings. The number of hydrogen-bond acceptors (Lipinski definition) is 5. The van der Waals surface area contributed by atoms with E-state index in [1.165, 1.54) is 18.3 Å². The molecule has 1 aliphatic heterocycles. The van der Waals surface area contributed by atoms with E-state index in [-0.39, 0.29) is 24.1 Å². The van der Waals surface area contributed by atoms with E-state index in [0.717, 1.165) is 17.7 Å². The fourth-order valence-electron chi connectivity index (χ4n) is 2.18. The van der Waals surface area contributed by atoms with Crippen LogP contribution in [0.5, 0.6) is 0 Å². The van der Waals surface area contributed by atoms with Crippen LogP contribution in [0.2, 0.25) is 0 Å². The van der Waals surface area contributed by atoms with Gasteiger partial charge < -0.3 is 10.1 Å². The smallest absolute Gasteiger partial charge is 0.267 e. The average Bonchev–Trinajstić information content (AvgIpc) is 3.12. The zero-order valence-corrected chi connectivity index (χ0v) is 11.3. The van der Waals surface area contributed by atoms with Gasteiger partial charge in [0.25, 0.3) is 5.56 Å². The monoisotopic (exact) mass is 289 g/mol. The van der Waals surface area contributed by atoms with Crippen molar-refractivity contribution in [3.8, 4) is 0 Å². The van der Waals surface area contributed by atoms with E-state index < -0.39 is 0 Å². The van der Waals surface area contributed by atoms with E-state index in [0.29, 0.717) is 12.3 Å². The summed E-state index contributed by atoms with van der Waals surface area (Å²) >= 11 is 0. The second-order valence-corrected chi connectivity index (χ2v) is 4.79. The number of carbonyl (C=O) groups excluding carboxylic acids is 1. The SMILES string of the molecule is O=C(Cn1ncccc1=O)Nc1cnn(C2CCOC2)c1. The molecule has 2 aromatic heterocycles. The number of anilines is 1. The quantitative estimate of drug-likeness (QED) is 0.858. The van der Waals surface area contributed by atoms with Crippen molar-refractivity contribution in [2.45, 2.75) is 19.0 Å². The fraction of sp³-hybridized carbons (Fsp3) is 0.385. The van der Waals surface area contributed by atoms with E-state index in [9.17, 15) is 9.59 Å². The number of carbonyl (C=O) groups is 1. The van der Waals surface area contributed by atoms with Crippen LogP contribution in [0.25, 0.3) is 0 Å². The number of rotatable bonds is 4. The molecule has 1 atom stereocenters. The summed E-state index contributed by atoms with van der Waals surface area (Å²) < 4.78 is 8.19. The van der Waals surface area contributed by atoms with Crippen molar-refractivity contribution in [3.63, 3.8) is 0 Å². The molecule has 0 saturated carbocycles. The lowest BCUT2D eigenvalue weighted by atomic mass is 10.3. The van der Waals surface area contributed by atoms with Gasteiger partial charge in [-0.1, -0.05) is 0 Å². The normalized spacial score (nSPS) is 17.8. The fourth-order valence-corrected chi connectivity index (χ4v) is 2.18. The van der Waals surface area contributed by atoms with Crippen LogP contribution in [0, 0.1) is 0 Å². The second-order valence-electron chi connectivity index (χ2n) is 4.79. The van der Waals surface area contributed by atoms with Crippen LogP contribution >= 0.6 is 0 Å². The molecule has 110 valence electrons. The van der Waals surface area contributed by atoms with Crippen LogP contribution in [0.3, 0.4) is 0 Å². The maximum absolute atomic E-state index is 11.9. The first-order valence-corrected chi connectivity index (χ1v) is 6.66. The Bertz CT molecular complexity index is 687. The molecule has 0 spiro atoms. The van der Waals surface area contributed by atoms with Gasteiger partial charge in [0.1, 0.15) is 6.54 Å². The van der Waals surface area contributed by atoms with Gasteiger partial charge in [0.2, 0.25) is 5.91 Å². The summed E-state index contributed by atoms with van der Waals surface area (Å²) in [5.74, 6) is -0.321. The number of amides is 1. The number of nitrogens with one attached hydrogen (secondary N) is 1. The standard InChI is InChI=1S/C13H15N5O3/c19-12(8-18-13(20)2-1-4-14-18)16-10-6-15-17(7-10)11-3-5-21-9-11/h1-2,4,6-7,11H,3,5,8-9H2,(H,16,19). The van der Waals surface area contributed by atoms with Crippen molar-refractivity contribution in [3.05, 3.63) is 41.1 Å². The highest BCUT2D eigenvalue weighted by Gasteiger charge is 2.18. The van der Waals surface area contributed by atoms with Gasteiger partial charge in [-0.15, -0.1) is 0 Å². The van der Waals surface area contributed by atoms with Gasteiger partial charge in [0.05, 0.1) is 24.5 Å². The maximum Gasteiger partial charge on any atom is 0.267 e. The van der Waals surface area contributed by atoms with Crippen molar-refractivity contribution < 1.29 is 9.53 Å². The number of aromatic nitrogens is 4. The highest BCUT2D eigenvalue weighted by molar-refractivity contribution is 5.90. The van der Waals surface area contributed by atoms with Crippen molar-refractivity contribution in [1.29, 1.82) is 0 Å². The third-order valence-electron chi connectivity index (χ3n) is 3.24. The van der Waals surface area contributed by atoms with Gasteiger partial charge in [0.15, 0.2) is 0 Å². The van der Waals surface area contributed by atoms with Gasteiger partial charge in [0, 0.05) is 25.1 Å². The Balaban J connectivity index is 1.62. The highest BCUT2D eigenvalue weighted by Crippen LogP contribution is 2.19. The molecule has 3 heterocycles. The molecular formula is C13H15N5O3. The summed E-state index contributed by atoms with van der Waals surface area (Å²) in [6.07, 6.45) is 5.72. The number of hydrogen-bond donors (Lipinski definition) is 1. The van der Waals surface area contributed by atoms with Crippen molar-refractivity contribution in [2.24, 2.45) is 0 Å². The van der Waals surface area contributed by atoms with Gasteiger partial charge >= 0.3 is 0 Å². The first-order valence-electron chi connectivity index (χ1n) is 6.66. The van der Waals surface area contributed by atoms with Gasteiger partial charge in [-0.05, 0) is 12.5 Å². The third kappa shape index (κ3) is 3.16. The summed E-state index contributed by atoms with van der Waals surface area (Å²) in [6.45, 7) is 1.24. The Morgan fingerprint density at radius 2 is 2.38 bits per heavy atom. The van der Waals surface area contributed by atoms with Gasteiger partial charge in [-0.3, -0.25) is 14.3 Å². The molecule has 0 bridgehead atoms. The van der Waals surface area contributed by atoms with Crippen LogP contribution < -0.4 is 10.9 Å². The van der Waals surface area contributed by atoms with Crippen LogP contribution in [0.15, 0.2) is 35.5 Å². The van der Waals surface area contributed by atoms with Crippen LogP contribution in [-0.4, -0.2) is 38.7 Å². The number of ether oxygens (including phenoxy) is 1. The summed E-state index contributed by atoms with van der Waals surface area (Å²) in [6, 6.07) is 3.11. The lowest BCUT2D eigenvalue weighted by Gasteiger charge is -2.07. The minimum Gasteiger partial charge on any atom is -0.379 e. The van der Waals surface area contributed by atoms with Crippen LogP contribution in [0.1, 0.15) is 12.5 Å². The maximum atomic E-state index is 11.9. The lowest BCUT2D eigenvalue weighted by molar-refractivity contribution is -0.117. The van der Waals surface area contributed by atoms with Crippen LogP contribution in [0.4, 0.5) is 5.69 Å². The zero-order chi connectivity index (χ0) is 14.7. The Morgan fingerprint density at radius 3 is 3.14 bits per heavy atom. The number of nitrogens with zero attached hydrogens (tertiary/aromatic N) is 4. The van der Waals surface area contributed by atoms with E-state index in [2.05, 4.69) is 15.5 Å². The first-order chi connectivity index (χ1) is 10.2. The molecule has 8 heteroatoms. The van der Waals surface area contributed by atoms with E-state index in [1.807, 2.05) is 0 Å². The lowest BCUT2D eigenvalue weighted by Crippen LogP contribution is -2.28. The molecule has 3 rings (SSSR count). The van der Waals surface area contributed by atoms with Crippen molar-refractivity contribution >= 4 is 11.6 Å². The predicted octanol–water partition coefficient (Wildman–Crippen LogP) is 0.0399. The molecule has 1 unspecified atom stereocenters. The topological polar surface area (TPSA) is 91.0 Å². The van der Waals surface area contributed by atoms with E-state index >= 15 is 0 Å². The molecule has 1 aliphatic rings. The van der Waals surface area contributed by atoms with E-state index in [4.69, 9.17) is 4.74 Å². The minimum absolute atomic E-state index is 0.128. The molecule has 1 N–H and O–H groups in total. The molecule has 8 nitrogen and oxygen atoms in total. The summed E-state index contributed by atoms with van der Waals surface area (Å²) in [5.41, 5.74) is 0.280. The van der Waals surface area contributed by atoms with Crippen molar-refractivity contribution in [1.82, 2.24) is 19.6 Å². The average molecular weight is 289 g/mol. The molecule has 0 radical (unpaired) electrons. The Hall–Kier alpha value is -2.48. The Morgan fingerprint density at radius 1 is 1.48 bits per heavy atom. The molecule has 21 heavy (non-hydrogen) atoms. The Kier molecular flexibility index (Phi) is 3.78. The molecule has 2 aromatic rings. The van der Waals surface area contributed by atoms with Gasteiger partial charge in [-0.25, -0.2) is 4.68 Å². The molecule has 0 aliphatic carbocycles. The van der Waals surface area contributed by atoms with Crippen LogP contribution in [-0.2, 0) is 16.1 Å². The third-order valence-corrected chi connectivity index (χ3v) is 3.24. The van der Waals surface area contributed by atoms with Crippen molar-refractivity contribution in [2.75, 3.05) is 18.5 Å². The highest BCUT2D eigenvalue weighted by atomic mass is 16.5. The largest absolute Gasteiger partial charge is 0.379 e. The molecular weight excluding hydrogens is 274 g/mol. The molecule has 1 amide bonds. The molecule has 1 saturated heterocycles. The zero-order valence-electron chi connectivity index (χ0n) is 11.3. The van der Waals surface area contributed by atoms with Gasteiger partial charge in [-0.2, -0.15) is 10.2 Å². The summed E-state index contributed by atoms with van der Waals surface area (Å²) in [5, 5.41) is 10.7. The minimum atomic E-state index is -0.321. The second kappa shape index (κ2) is 5.88. The Labute approximate surface area is 120 Å². The predicted molar refractivity (Wildman–Crippen MR) is 73.8 cm³/mol. The van der Waals surface area contributed by atoms with E-state index in [1.54, 1.807) is 17.1 Å². The summed E-state index contributed by atoms with van der Waals surface area (Å²) in [4.78, 5) is 23.4. The molecule has 0 aromatic carbocycles. The summed E-state index contributed by atoms with van der Waals surface area (Å²) in [7, 11) is 0.